The van der Waals surface area contributed by atoms with Crippen LogP contribution in [0, 0.1) is 0 Å². The fourth-order valence-electron chi connectivity index (χ4n) is 0.889. The predicted molar refractivity (Wildman–Crippen MR) is 44.8 cm³/mol. The van der Waals surface area contributed by atoms with E-state index in [1.807, 2.05) is 19.1 Å². The molecule has 0 saturated carbocycles. The Kier molecular flexibility index (Phi) is 2.57. The van der Waals surface area contributed by atoms with Crippen molar-refractivity contribution in [1.29, 1.82) is 0 Å². The number of rotatable bonds is 2. The lowest BCUT2D eigenvalue weighted by atomic mass is 10.0. The first-order valence-corrected chi connectivity index (χ1v) is 3.63. The van der Waals surface area contributed by atoms with Crippen LogP contribution in [0.4, 0.5) is 0 Å². The van der Waals surface area contributed by atoms with Crippen molar-refractivity contribution in [3.05, 3.63) is 30.1 Å². The Hall–Kier alpha value is -0.930. The van der Waals surface area contributed by atoms with E-state index >= 15 is 0 Å². The van der Waals surface area contributed by atoms with Crippen molar-refractivity contribution < 1.29 is 0 Å². The molecule has 1 aromatic heterocycles. The van der Waals surface area contributed by atoms with Crippen LogP contribution in [0.2, 0.25) is 0 Å². The van der Waals surface area contributed by atoms with Crippen molar-refractivity contribution in [3.63, 3.8) is 0 Å². The zero-order valence-corrected chi connectivity index (χ0v) is 6.57. The molecule has 11 heavy (non-hydrogen) atoms. The van der Waals surface area contributed by atoms with E-state index in [-0.39, 0.29) is 12.1 Å². The average molecular weight is 151 g/mol. The molecule has 0 unspecified atom stereocenters. The second-order valence-electron chi connectivity index (χ2n) is 2.67. The van der Waals surface area contributed by atoms with Gasteiger partial charge >= 0.3 is 0 Å². The second-order valence-corrected chi connectivity index (χ2v) is 2.67. The minimum Gasteiger partial charge on any atom is -0.326 e. The SMILES string of the molecule is C[C@H](N)[C@H](N)c1ccncc1. The van der Waals surface area contributed by atoms with E-state index in [1.54, 1.807) is 12.4 Å². The maximum atomic E-state index is 5.78. The first-order chi connectivity index (χ1) is 5.22. The van der Waals surface area contributed by atoms with Crippen LogP contribution in [0.5, 0.6) is 0 Å². The molecule has 4 N–H and O–H groups in total. The summed E-state index contributed by atoms with van der Waals surface area (Å²) in [6.07, 6.45) is 3.44. The van der Waals surface area contributed by atoms with E-state index in [2.05, 4.69) is 4.98 Å². The highest BCUT2D eigenvalue weighted by atomic mass is 14.8. The fourth-order valence-corrected chi connectivity index (χ4v) is 0.889. The molecular formula is C8H13N3. The molecule has 1 heterocycles. The molecule has 0 amide bonds. The van der Waals surface area contributed by atoms with E-state index < -0.39 is 0 Å². The molecule has 0 spiro atoms. The standard InChI is InChI=1S/C8H13N3/c1-6(9)8(10)7-2-4-11-5-3-7/h2-6,8H,9-10H2,1H3/t6-,8-/m0/s1. The van der Waals surface area contributed by atoms with Gasteiger partial charge in [-0.3, -0.25) is 4.98 Å². The molecule has 0 aliphatic carbocycles. The summed E-state index contributed by atoms with van der Waals surface area (Å²) in [6.45, 7) is 1.89. The predicted octanol–water partition coefficient (Wildman–Crippen LogP) is 0.429. The third-order valence-corrected chi connectivity index (χ3v) is 1.66. The Bertz CT molecular complexity index is 208. The summed E-state index contributed by atoms with van der Waals surface area (Å²) in [6, 6.07) is 3.66. The summed E-state index contributed by atoms with van der Waals surface area (Å²) in [5.74, 6) is 0. The largest absolute Gasteiger partial charge is 0.326 e. The van der Waals surface area contributed by atoms with Crippen LogP contribution in [-0.4, -0.2) is 11.0 Å². The number of hydrogen-bond donors (Lipinski definition) is 2. The maximum absolute atomic E-state index is 5.78. The van der Waals surface area contributed by atoms with Crippen LogP contribution in [0.15, 0.2) is 24.5 Å². The third kappa shape index (κ3) is 2.00. The number of aromatic nitrogens is 1. The maximum Gasteiger partial charge on any atom is 0.0447 e. The summed E-state index contributed by atoms with van der Waals surface area (Å²) in [4.78, 5) is 3.89. The van der Waals surface area contributed by atoms with E-state index in [9.17, 15) is 0 Å². The van der Waals surface area contributed by atoms with Crippen LogP contribution in [0.1, 0.15) is 18.5 Å². The molecule has 0 aliphatic heterocycles. The Morgan fingerprint density at radius 3 is 2.27 bits per heavy atom. The van der Waals surface area contributed by atoms with Gasteiger partial charge in [0.05, 0.1) is 0 Å². The number of pyridine rings is 1. The quantitative estimate of drug-likeness (QED) is 0.644. The third-order valence-electron chi connectivity index (χ3n) is 1.66. The smallest absolute Gasteiger partial charge is 0.0447 e. The molecule has 0 bridgehead atoms. The van der Waals surface area contributed by atoms with Gasteiger partial charge in [-0.2, -0.15) is 0 Å². The zero-order valence-electron chi connectivity index (χ0n) is 6.57. The van der Waals surface area contributed by atoms with Crippen molar-refractivity contribution in [3.8, 4) is 0 Å². The van der Waals surface area contributed by atoms with Crippen LogP contribution in [0.3, 0.4) is 0 Å². The van der Waals surface area contributed by atoms with E-state index in [0.717, 1.165) is 5.56 Å². The Balaban J connectivity index is 2.77. The normalized spacial score (nSPS) is 15.9. The van der Waals surface area contributed by atoms with Gasteiger partial charge in [-0.05, 0) is 24.6 Å². The Morgan fingerprint density at radius 2 is 1.82 bits per heavy atom. The zero-order chi connectivity index (χ0) is 8.27. The van der Waals surface area contributed by atoms with Crippen molar-refractivity contribution in [2.75, 3.05) is 0 Å². The van der Waals surface area contributed by atoms with Crippen molar-refractivity contribution in [2.24, 2.45) is 11.5 Å². The average Bonchev–Trinajstić information content (AvgIpc) is 2.05. The summed E-state index contributed by atoms with van der Waals surface area (Å²) in [7, 11) is 0. The van der Waals surface area contributed by atoms with Gasteiger partial charge in [-0.25, -0.2) is 0 Å². The molecule has 0 aromatic carbocycles. The van der Waals surface area contributed by atoms with Gasteiger partial charge in [0, 0.05) is 24.5 Å². The number of nitrogens with two attached hydrogens (primary N) is 2. The number of hydrogen-bond acceptors (Lipinski definition) is 3. The van der Waals surface area contributed by atoms with Crippen LogP contribution >= 0.6 is 0 Å². The van der Waals surface area contributed by atoms with Crippen molar-refractivity contribution in [2.45, 2.75) is 19.0 Å². The van der Waals surface area contributed by atoms with Gasteiger partial charge < -0.3 is 11.5 Å². The highest BCUT2D eigenvalue weighted by molar-refractivity contribution is 5.15. The van der Waals surface area contributed by atoms with Gasteiger partial charge in [0.1, 0.15) is 0 Å². The van der Waals surface area contributed by atoms with Crippen LogP contribution in [0.25, 0.3) is 0 Å². The fraction of sp³-hybridized carbons (Fsp3) is 0.375. The van der Waals surface area contributed by atoms with E-state index in [4.69, 9.17) is 11.5 Å². The summed E-state index contributed by atoms with van der Waals surface area (Å²) in [5.41, 5.74) is 12.4. The molecule has 1 rings (SSSR count). The molecule has 0 aliphatic rings. The summed E-state index contributed by atoms with van der Waals surface area (Å²) in [5, 5.41) is 0. The molecule has 0 saturated heterocycles. The van der Waals surface area contributed by atoms with Gasteiger partial charge in [0.15, 0.2) is 0 Å². The van der Waals surface area contributed by atoms with Crippen LogP contribution < -0.4 is 11.5 Å². The van der Waals surface area contributed by atoms with Crippen molar-refractivity contribution >= 4 is 0 Å². The van der Waals surface area contributed by atoms with Gasteiger partial charge in [0.25, 0.3) is 0 Å². The molecule has 0 fully saturated rings. The molecular weight excluding hydrogens is 138 g/mol. The Morgan fingerprint density at radius 1 is 1.27 bits per heavy atom. The lowest BCUT2D eigenvalue weighted by molar-refractivity contribution is 0.588. The molecule has 2 atom stereocenters. The van der Waals surface area contributed by atoms with Gasteiger partial charge in [-0.1, -0.05) is 0 Å². The molecule has 60 valence electrons. The molecule has 0 radical (unpaired) electrons. The Labute approximate surface area is 66.4 Å². The van der Waals surface area contributed by atoms with Crippen molar-refractivity contribution in [1.82, 2.24) is 4.98 Å². The van der Waals surface area contributed by atoms with E-state index in [1.165, 1.54) is 0 Å². The summed E-state index contributed by atoms with van der Waals surface area (Å²) < 4.78 is 0. The highest BCUT2D eigenvalue weighted by Gasteiger charge is 2.08. The lowest BCUT2D eigenvalue weighted by Crippen LogP contribution is -2.30. The van der Waals surface area contributed by atoms with Gasteiger partial charge in [0.2, 0.25) is 0 Å². The monoisotopic (exact) mass is 151 g/mol. The van der Waals surface area contributed by atoms with Crippen LogP contribution in [-0.2, 0) is 0 Å². The lowest BCUT2D eigenvalue weighted by Gasteiger charge is -2.14. The molecule has 1 aromatic rings. The first-order valence-electron chi connectivity index (χ1n) is 3.63. The minimum absolute atomic E-state index is 0.0163. The van der Waals surface area contributed by atoms with E-state index in [0.29, 0.717) is 0 Å². The first kappa shape index (κ1) is 8.17. The number of nitrogens with zero attached hydrogens (tertiary/aromatic N) is 1. The molecule has 3 heteroatoms. The molecule has 3 nitrogen and oxygen atoms in total. The van der Waals surface area contributed by atoms with Gasteiger partial charge in [-0.15, -0.1) is 0 Å². The highest BCUT2D eigenvalue weighted by Crippen LogP contribution is 2.10. The second kappa shape index (κ2) is 3.46. The topological polar surface area (TPSA) is 64.9 Å². The minimum atomic E-state index is -0.0852. The summed E-state index contributed by atoms with van der Waals surface area (Å²) >= 11 is 0.